The Morgan fingerprint density at radius 2 is 1.95 bits per heavy atom. The number of ether oxygens (including phenoxy) is 2. The van der Waals surface area contributed by atoms with Crippen LogP contribution in [0.15, 0.2) is 35.9 Å². The Labute approximate surface area is 132 Å². The highest BCUT2D eigenvalue weighted by Crippen LogP contribution is 2.55. The summed E-state index contributed by atoms with van der Waals surface area (Å²) in [5, 5.41) is 10.0. The summed E-state index contributed by atoms with van der Waals surface area (Å²) in [4.78, 5) is 0. The summed E-state index contributed by atoms with van der Waals surface area (Å²) >= 11 is 0. The number of rotatable bonds is 3. The lowest BCUT2D eigenvalue weighted by atomic mass is 9.56. The number of aliphatic hydroxyl groups excluding tert-OH is 1. The van der Waals surface area contributed by atoms with Crippen molar-refractivity contribution in [3.05, 3.63) is 41.5 Å². The van der Waals surface area contributed by atoms with Gasteiger partial charge in [-0.1, -0.05) is 37.6 Å². The van der Waals surface area contributed by atoms with Crippen molar-refractivity contribution >= 4 is 0 Å². The number of allylic oxidation sites excluding steroid dienone is 1. The first-order valence-electron chi connectivity index (χ1n) is 8.08. The van der Waals surface area contributed by atoms with Crippen LogP contribution in [0.4, 0.5) is 0 Å². The molecule has 0 radical (unpaired) electrons. The van der Waals surface area contributed by atoms with Gasteiger partial charge in [-0.15, -0.1) is 0 Å². The predicted octanol–water partition coefficient (Wildman–Crippen LogP) is 3.59. The molecule has 3 rings (SSSR count). The van der Waals surface area contributed by atoms with Crippen molar-refractivity contribution in [3.8, 4) is 5.75 Å². The van der Waals surface area contributed by atoms with Gasteiger partial charge in [0.1, 0.15) is 5.75 Å². The average Bonchev–Trinajstić information content (AvgIpc) is 2.53. The molecule has 1 aliphatic carbocycles. The molecule has 3 nitrogen and oxygen atoms in total. The average molecular weight is 302 g/mol. The van der Waals surface area contributed by atoms with Gasteiger partial charge in [0.2, 0.25) is 0 Å². The van der Waals surface area contributed by atoms with Crippen LogP contribution in [0.2, 0.25) is 0 Å². The van der Waals surface area contributed by atoms with E-state index >= 15 is 0 Å². The van der Waals surface area contributed by atoms with Crippen LogP contribution in [0.5, 0.6) is 5.75 Å². The highest BCUT2D eigenvalue weighted by Gasteiger charge is 2.53. The summed E-state index contributed by atoms with van der Waals surface area (Å²) in [6.45, 7) is 7.47. The lowest BCUT2D eigenvalue weighted by Gasteiger charge is -2.55. The number of hydrogen-bond donors (Lipinski definition) is 1. The summed E-state index contributed by atoms with van der Waals surface area (Å²) in [6, 6.07) is 8.16. The van der Waals surface area contributed by atoms with E-state index in [1.54, 1.807) is 7.11 Å². The van der Waals surface area contributed by atoms with Crippen LogP contribution < -0.4 is 4.74 Å². The van der Waals surface area contributed by atoms with E-state index < -0.39 is 0 Å². The standard InChI is InChI=1S/C19H26O3/c1-12-9-13(2)19(10-20)11-22-18(17(12)14(19)3)15-5-7-16(21-4)8-6-15/h5-9,13-14,17-18,20H,10-11H2,1-4H3/t13-,14+,17-,18+,19+/m0/s1. The fourth-order valence-corrected chi connectivity index (χ4v) is 4.38. The minimum absolute atomic E-state index is 0.0596. The van der Waals surface area contributed by atoms with Crippen LogP contribution in [0, 0.1) is 23.2 Å². The topological polar surface area (TPSA) is 38.7 Å². The van der Waals surface area contributed by atoms with Crippen molar-refractivity contribution < 1.29 is 14.6 Å². The molecule has 3 heteroatoms. The van der Waals surface area contributed by atoms with E-state index in [0.717, 1.165) is 5.75 Å². The fraction of sp³-hybridized carbons (Fsp3) is 0.579. The molecule has 120 valence electrons. The lowest BCUT2D eigenvalue weighted by Crippen LogP contribution is -2.53. The minimum atomic E-state index is -0.146. The molecule has 2 bridgehead atoms. The quantitative estimate of drug-likeness (QED) is 0.867. The highest BCUT2D eigenvalue weighted by molar-refractivity contribution is 5.32. The van der Waals surface area contributed by atoms with Gasteiger partial charge in [-0.05, 0) is 36.5 Å². The first-order chi connectivity index (χ1) is 10.5. The van der Waals surface area contributed by atoms with Crippen LogP contribution in [0.1, 0.15) is 32.4 Å². The van der Waals surface area contributed by atoms with Crippen LogP contribution in [0.3, 0.4) is 0 Å². The predicted molar refractivity (Wildman–Crippen MR) is 86.8 cm³/mol. The zero-order valence-corrected chi connectivity index (χ0v) is 13.9. The van der Waals surface area contributed by atoms with E-state index in [-0.39, 0.29) is 18.1 Å². The smallest absolute Gasteiger partial charge is 0.118 e. The number of benzene rings is 1. The number of aliphatic hydroxyl groups is 1. The maximum Gasteiger partial charge on any atom is 0.118 e. The molecule has 1 aromatic carbocycles. The number of hydrogen-bond acceptors (Lipinski definition) is 3. The van der Waals surface area contributed by atoms with E-state index in [1.807, 2.05) is 12.1 Å². The third kappa shape index (κ3) is 2.19. The van der Waals surface area contributed by atoms with Crippen molar-refractivity contribution in [2.24, 2.45) is 23.2 Å². The van der Waals surface area contributed by atoms with Crippen molar-refractivity contribution in [3.63, 3.8) is 0 Å². The third-order valence-electron chi connectivity index (χ3n) is 5.99. The zero-order valence-electron chi connectivity index (χ0n) is 13.9. The summed E-state index contributed by atoms with van der Waals surface area (Å²) in [6.07, 6.45) is 2.39. The molecular formula is C19H26O3. The van der Waals surface area contributed by atoms with Gasteiger partial charge in [0.05, 0.1) is 26.4 Å². The molecule has 2 aliphatic rings. The van der Waals surface area contributed by atoms with Gasteiger partial charge in [0, 0.05) is 11.3 Å². The molecule has 0 saturated carbocycles. The third-order valence-corrected chi connectivity index (χ3v) is 5.99. The van der Waals surface area contributed by atoms with E-state index in [9.17, 15) is 5.11 Å². The van der Waals surface area contributed by atoms with Gasteiger partial charge in [-0.25, -0.2) is 0 Å². The van der Waals surface area contributed by atoms with E-state index in [0.29, 0.717) is 24.4 Å². The second-order valence-electron chi connectivity index (χ2n) is 6.91. The summed E-state index contributed by atoms with van der Waals surface area (Å²) in [7, 11) is 1.68. The molecule has 1 aliphatic heterocycles. The lowest BCUT2D eigenvalue weighted by molar-refractivity contribution is -0.165. The van der Waals surface area contributed by atoms with Gasteiger partial charge in [-0.2, -0.15) is 0 Å². The summed E-state index contributed by atoms with van der Waals surface area (Å²) < 4.78 is 11.5. The van der Waals surface area contributed by atoms with Gasteiger partial charge in [0.15, 0.2) is 0 Å². The summed E-state index contributed by atoms with van der Waals surface area (Å²) in [5.41, 5.74) is 2.42. The second-order valence-corrected chi connectivity index (χ2v) is 6.91. The molecule has 5 atom stereocenters. The molecule has 0 amide bonds. The van der Waals surface area contributed by atoms with Gasteiger partial charge < -0.3 is 14.6 Å². The zero-order chi connectivity index (χ0) is 15.9. The first kappa shape index (κ1) is 15.6. The highest BCUT2D eigenvalue weighted by atomic mass is 16.5. The fourth-order valence-electron chi connectivity index (χ4n) is 4.38. The van der Waals surface area contributed by atoms with Crippen LogP contribution in [-0.2, 0) is 4.74 Å². The monoisotopic (exact) mass is 302 g/mol. The Bertz CT molecular complexity index is 563. The first-order valence-corrected chi connectivity index (χ1v) is 8.08. The minimum Gasteiger partial charge on any atom is -0.497 e. The van der Waals surface area contributed by atoms with E-state index in [4.69, 9.17) is 9.47 Å². The molecule has 0 aromatic heterocycles. The molecule has 1 saturated heterocycles. The van der Waals surface area contributed by atoms with Gasteiger partial charge in [-0.3, -0.25) is 0 Å². The van der Waals surface area contributed by atoms with Crippen molar-refractivity contribution in [2.75, 3.05) is 20.3 Å². The van der Waals surface area contributed by atoms with Crippen LogP contribution in [-0.4, -0.2) is 25.4 Å². The Morgan fingerprint density at radius 3 is 2.55 bits per heavy atom. The van der Waals surface area contributed by atoms with Crippen molar-refractivity contribution in [1.29, 1.82) is 0 Å². The SMILES string of the molecule is COc1ccc([C@H]2OC[C@@]3(CO)[C@H](C)[C@@H]2C(C)=C[C@@H]3C)cc1. The van der Waals surface area contributed by atoms with Crippen LogP contribution >= 0.6 is 0 Å². The number of methoxy groups -OCH3 is 1. The summed E-state index contributed by atoms with van der Waals surface area (Å²) in [5.74, 6) is 1.94. The molecule has 0 unspecified atom stereocenters. The Hall–Kier alpha value is -1.32. The Kier molecular flexibility index (Phi) is 4.04. The van der Waals surface area contributed by atoms with Crippen molar-refractivity contribution in [2.45, 2.75) is 26.9 Å². The van der Waals surface area contributed by atoms with Crippen molar-refractivity contribution in [1.82, 2.24) is 0 Å². The molecular weight excluding hydrogens is 276 g/mol. The Balaban J connectivity index is 1.97. The van der Waals surface area contributed by atoms with Gasteiger partial charge in [0.25, 0.3) is 0 Å². The second kappa shape index (κ2) is 5.71. The molecule has 22 heavy (non-hydrogen) atoms. The molecule has 0 spiro atoms. The molecule has 1 heterocycles. The normalized spacial score (nSPS) is 37.6. The Morgan fingerprint density at radius 1 is 1.27 bits per heavy atom. The van der Waals surface area contributed by atoms with E-state index in [2.05, 4.69) is 39.0 Å². The van der Waals surface area contributed by atoms with E-state index in [1.165, 1.54) is 11.1 Å². The maximum atomic E-state index is 10.0. The molecule has 1 fully saturated rings. The van der Waals surface area contributed by atoms with Gasteiger partial charge >= 0.3 is 0 Å². The molecule has 1 N–H and O–H groups in total. The molecule has 1 aromatic rings. The maximum absolute atomic E-state index is 10.0. The van der Waals surface area contributed by atoms with Crippen LogP contribution in [0.25, 0.3) is 0 Å². The number of fused-ring (bicyclic) bond motifs is 2. The largest absolute Gasteiger partial charge is 0.497 e.